The zero-order chi connectivity index (χ0) is 20.4. The number of nitrogens with one attached hydrogen (secondary N) is 2. The first-order valence-corrected chi connectivity index (χ1v) is 9.37. The molecule has 0 saturated carbocycles. The number of pyridine rings is 1. The standard InChI is InChI=1S/C23H17ClFN3O/c1-14-6-9-17(12-21(14)24)27-22-19-5-3-2-4-18(19)20(13-26-22)23(29)28-16-10-7-15(25)8-11-16/h2-13H,1H3,(H,26,27)(H,28,29). The molecule has 1 amide bonds. The first kappa shape index (κ1) is 18.9. The van der Waals surface area contributed by atoms with Crippen molar-refractivity contribution in [3.63, 3.8) is 0 Å². The number of nitrogens with zero attached hydrogens (tertiary/aromatic N) is 1. The maximum absolute atomic E-state index is 13.1. The molecule has 6 heteroatoms. The predicted octanol–water partition coefficient (Wildman–Crippen LogP) is 6.33. The molecule has 4 nitrogen and oxygen atoms in total. The summed E-state index contributed by atoms with van der Waals surface area (Å²) in [7, 11) is 0. The van der Waals surface area contributed by atoms with Gasteiger partial charge >= 0.3 is 0 Å². The molecule has 0 spiro atoms. The number of rotatable bonds is 4. The van der Waals surface area contributed by atoms with E-state index in [1.165, 1.54) is 30.5 Å². The van der Waals surface area contributed by atoms with Crippen LogP contribution >= 0.6 is 11.6 Å². The molecule has 1 heterocycles. The molecular formula is C23H17ClFN3O. The smallest absolute Gasteiger partial charge is 0.257 e. The summed E-state index contributed by atoms with van der Waals surface area (Å²) in [6, 6.07) is 18.8. The Balaban J connectivity index is 1.68. The zero-order valence-electron chi connectivity index (χ0n) is 15.5. The average Bonchev–Trinajstić information content (AvgIpc) is 2.72. The molecule has 4 rings (SSSR count). The van der Waals surface area contributed by atoms with Crippen LogP contribution in [-0.4, -0.2) is 10.9 Å². The number of anilines is 3. The Hall–Kier alpha value is -3.44. The van der Waals surface area contributed by atoms with Gasteiger partial charge in [-0.15, -0.1) is 0 Å². The van der Waals surface area contributed by atoms with Gasteiger partial charge in [-0.2, -0.15) is 0 Å². The third kappa shape index (κ3) is 4.05. The molecule has 2 N–H and O–H groups in total. The second kappa shape index (κ2) is 7.89. The van der Waals surface area contributed by atoms with Crippen molar-refractivity contribution in [1.82, 2.24) is 4.98 Å². The third-order valence-corrected chi connectivity index (χ3v) is 4.98. The van der Waals surface area contributed by atoms with E-state index in [1.807, 2.05) is 49.4 Å². The van der Waals surface area contributed by atoms with E-state index in [9.17, 15) is 9.18 Å². The van der Waals surface area contributed by atoms with E-state index in [2.05, 4.69) is 15.6 Å². The summed E-state index contributed by atoms with van der Waals surface area (Å²) in [6.07, 6.45) is 1.53. The Bertz CT molecular complexity index is 1210. The fraction of sp³-hybridized carbons (Fsp3) is 0.0435. The number of benzene rings is 3. The molecule has 144 valence electrons. The minimum Gasteiger partial charge on any atom is -0.340 e. The van der Waals surface area contributed by atoms with Crippen LogP contribution in [0.4, 0.5) is 21.6 Å². The molecule has 3 aromatic carbocycles. The van der Waals surface area contributed by atoms with Crippen molar-refractivity contribution in [1.29, 1.82) is 0 Å². The van der Waals surface area contributed by atoms with Crippen LogP contribution in [0.25, 0.3) is 10.8 Å². The van der Waals surface area contributed by atoms with E-state index in [4.69, 9.17) is 11.6 Å². The number of fused-ring (bicyclic) bond motifs is 1. The molecule has 0 aliphatic rings. The summed E-state index contributed by atoms with van der Waals surface area (Å²) in [5, 5.41) is 8.26. The first-order valence-electron chi connectivity index (χ1n) is 8.99. The van der Waals surface area contributed by atoms with Gasteiger partial charge in [0.25, 0.3) is 5.91 Å². The highest BCUT2D eigenvalue weighted by Gasteiger charge is 2.14. The Labute approximate surface area is 172 Å². The second-order valence-corrected chi connectivity index (χ2v) is 7.02. The van der Waals surface area contributed by atoms with E-state index in [0.29, 0.717) is 22.1 Å². The van der Waals surface area contributed by atoms with E-state index in [1.54, 1.807) is 0 Å². The van der Waals surface area contributed by atoms with Gasteiger partial charge in [-0.3, -0.25) is 4.79 Å². The van der Waals surface area contributed by atoms with Crippen LogP contribution in [0.5, 0.6) is 0 Å². The molecule has 4 aromatic rings. The minimum atomic E-state index is -0.359. The fourth-order valence-corrected chi connectivity index (χ4v) is 3.19. The van der Waals surface area contributed by atoms with Crippen molar-refractivity contribution in [3.8, 4) is 0 Å². The molecule has 0 saturated heterocycles. The Kier molecular flexibility index (Phi) is 5.14. The average molecular weight is 406 g/mol. The third-order valence-electron chi connectivity index (χ3n) is 4.58. The second-order valence-electron chi connectivity index (χ2n) is 6.62. The lowest BCUT2D eigenvalue weighted by atomic mass is 10.1. The van der Waals surface area contributed by atoms with Crippen molar-refractivity contribution in [2.45, 2.75) is 6.92 Å². The highest BCUT2D eigenvalue weighted by atomic mass is 35.5. The molecule has 0 aliphatic heterocycles. The zero-order valence-corrected chi connectivity index (χ0v) is 16.3. The lowest BCUT2D eigenvalue weighted by molar-refractivity contribution is 0.102. The van der Waals surface area contributed by atoms with E-state index >= 15 is 0 Å². The highest BCUT2D eigenvalue weighted by molar-refractivity contribution is 6.31. The number of carbonyl (C=O) groups excluding carboxylic acids is 1. The Morgan fingerprint density at radius 3 is 2.38 bits per heavy atom. The largest absolute Gasteiger partial charge is 0.340 e. The van der Waals surface area contributed by atoms with Gasteiger partial charge in [0.05, 0.1) is 5.56 Å². The van der Waals surface area contributed by atoms with Crippen molar-refractivity contribution in [2.24, 2.45) is 0 Å². The molecule has 0 fully saturated rings. The number of aromatic nitrogens is 1. The number of hydrogen-bond donors (Lipinski definition) is 2. The van der Waals surface area contributed by atoms with Crippen LogP contribution in [-0.2, 0) is 0 Å². The number of carbonyl (C=O) groups is 1. The van der Waals surface area contributed by atoms with Gasteiger partial charge < -0.3 is 10.6 Å². The van der Waals surface area contributed by atoms with Gasteiger partial charge in [-0.05, 0) is 54.3 Å². The molecule has 0 radical (unpaired) electrons. The lowest BCUT2D eigenvalue weighted by Crippen LogP contribution is -2.13. The Morgan fingerprint density at radius 2 is 1.66 bits per heavy atom. The summed E-state index contributed by atoms with van der Waals surface area (Å²) in [6.45, 7) is 1.94. The summed E-state index contributed by atoms with van der Waals surface area (Å²) >= 11 is 6.22. The van der Waals surface area contributed by atoms with Crippen LogP contribution in [0.2, 0.25) is 5.02 Å². The van der Waals surface area contributed by atoms with Crippen LogP contribution in [0, 0.1) is 12.7 Å². The maximum Gasteiger partial charge on any atom is 0.257 e. The minimum absolute atomic E-state index is 0.315. The molecule has 29 heavy (non-hydrogen) atoms. The molecule has 1 aromatic heterocycles. The van der Waals surface area contributed by atoms with Gasteiger partial charge in [-0.25, -0.2) is 9.37 Å². The molecule has 0 atom stereocenters. The normalized spacial score (nSPS) is 10.7. The topological polar surface area (TPSA) is 54.0 Å². The summed E-state index contributed by atoms with van der Waals surface area (Å²) in [5.41, 5.74) is 2.74. The lowest BCUT2D eigenvalue weighted by Gasteiger charge is -2.13. The van der Waals surface area contributed by atoms with Crippen LogP contribution in [0.15, 0.2) is 72.9 Å². The first-order chi connectivity index (χ1) is 14.0. The van der Waals surface area contributed by atoms with E-state index < -0.39 is 0 Å². The Morgan fingerprint density at radius 1 is 0.966 bits per heavy atom. The summed E-state index contributed by atoms with van der Waals surface area (Å²) in [4.78, 5) is 17.2. The SMILES string of the molecule is Cc1ccc(Nc2ncc(C(=O)Nc3ccc(F)cc3)c3ccccc23)cc1Cl. The van der Waals surface area contributed by atoms with Crippen molar-refractivity contribution in [2.75, 3.05) is 10.6 Å². The number of hydrogen-bond acceptors (Lipinski definition) is 3. The quantitative estimate of drug-likeness (QED) is 0.417. The summed E-state index contributed by atoms with van der Waals surface area (Å²) < 4.78 is 13.1. The van der Waals surface area contributed by atoms with Gasteiger partial charge in [0, 0.05) is 28.0 Å². The molecule has 0 bridgehead atoms. The number of aryl methyl sites for hydroxylation is 1. The van der Waals surface area contributed by atoms with E-state index in [-0.39, 0.29) is 11.7 Å². The van der Waals surface area contributed by atoms with Gasteiger partial charge in [-0.1, -0.05) is 41.9 Å². The van der Waals surface area contributed by atoms with Crippen molar-refractivity contribution < 1.29 is 9.18 Å². The van der Waals surface area contributed by atoms with Crippen molar-refractivity contribution in [3.05, 3.63) is 94.9 Å². The molecule has 0 aliphatic carbocycles. The highest BCUT2D eigenvalue weighted by Crippen LogP contribution is 2.29. The van der Waals surface area contributed by atoms with Gasteiger partial charge in [0.1, 0.15) is 11.6 Å². The van der Waals surface area contributed by atoms with Gasteiger partial charge in [0.2, 0.25) is 0 Å². The number of amides is 1. The van der Waals surface area contributed by atoms with Crippen molar-refractivity contribution >= 4 is 45.5 Å². The monoisotopic (exact) mass is 405 g/mol. The summed E-state index contributed by atoms with van der Waals surface area (Å²) in [5.74, 6) is -0.0501. The van der Waals surface area contributed by atoms with Crippen LogP contribution < -0.4 is 10.6 Å². The molecule has 0 unspecified atom stereocenters. The van der Waals surface area contributed by atoms with E-state index in [0.717, 1.165) is 22.0 Å². The fourth-order valence-electron chi connectivity index (χ4n) is 3.01. The maximum atomic E-state index is 13.1. The van der Waals surface area contributed by atoms with Crippen LogP contribution in [0.3, 0.4) is 0 Å². The molecular weight excluding hydrogens is 389 g/mol. The predicted molar refractivity (Wildman–Crippen MR) is 116 cm³/mol. The van der Waals surface area contributed by atoms with Gasteiger partial charge in [0.15, 0.2) is 0 Å². The van der Waals surface area contributed by atoms with Crippen LogP contribution in [0.1, 0.15) is 15.9 Å². The number of halogens is 2.